The van der Waals surface area contributed by atoms with Gasteiger partial charge in [0.15, 0.2) is 0 Å². The van der Waals surface area contributed by atoms with Crippen molar-refractivity contribution in [2.45, 2.75) is 11.3 Å². The highest BCUT2D eigenvalue weighted by molar-refractivity contribution is 7.89. The topological polar surface area (TPSA) is 91.0 Å². The number of ether oxygens (including phenoxy) is 1. The standard InChI is InChI=1S/C18H28N4O4S/c23-18(22-12-14-26-15-13-22)16-2-4-17(5-3-16)27(24,25)20-6-1-9-21-10-7-19-8-11-21/h2-5,19-20H,1,6-15H2. The van der Waals surface area contributed by atoms with Crippen LogP contribution < -0.4 is 10.0 Å². The molecule has 0 unspecified atom stereocenters. The van der Waals surface area contributed by atoms with Crippen molar-refractivity contribution in [3.05, 3.63) is 29.8 Å². The predicted molar refractivity (Wildman–Crippen MR) is 102 cm³/mol. The van der Waals surface area contributed by atoms with E-state index >= 15 is 0 Å². The van der Waals surface area contributed by atoms with Gasteiger partial charge in [0.2, 0.25) is 10.0 Å². The Kier molecular flexibility index (Phi) is 7.20. The van der Waals surface area contributed by atoms with Gasteiger partial charge in [-0.15, -0.1) is 0 Å². The van der Waals surface area contributed by atoms with E-state index in [9.17, 15) is 13.2 Å². The van der Waals surface area contributed by atoms with E-state index in [1.807, 2.05) is 0 Å². The lowest BCUT2D eigenvalue weighted by Crippen LogP contribution is -2.44. The molecule has 0 atom stereocenters. The molecule has 1 aromatic rings. The van der Waals surface area contributed by atoms with Crippen LogP contribution in [0.5, 0.6) is 0 Å². The van der Waals surface area contributed by atoms with Gasteiger partial charge in [-0.05, 0) is 37.2 Å². The lowest BCUT2D eigenvalue weighted by atomic mass is 10.2. The number of sulfonamides is 1. The van der Waals surface area contributed by atoms with E-state index in [1.54, 1.807) is 17.0 Å². The highest BCUT2D eigenvalue weighted by Gasteiger charge is 2.20. The van der Waals surface area contributed by atoms with Crippen molar-refractivity contribution in [2.75, 3.05) is 65.6 Å². The fraction of sp³-hybridized carbons (Fsp3) is 0.611. The number of amides is 1. The van der Waals surface area contributed by atoms with Gasteiger partial charge in [-0.2, -0.15) is 0 Å². The van der Waals surface area contributed by atoms with E-state index < -0.39 is 10.0 Å². The summed E-state index contributed by atoms with van der Waals surface area (Å²) in [5, 5.41) is 3.30. The number of nitrogens with zero attached hydrogens (tertiary/aromatic N) is 2. The van der Waals surface area contributed by atoms with Gasteiger partial charge in [0.25, 0.3) is 5.91 Å². The van der Waals surface area contributed by atoms with Crippen LogP contribution in [0.2, 0.25) is 0 Å². The summed E-state index contributed by atoms with van der Waals surface area (Å²) < 4.78 is 32.7. The van der Waals surface area contributed by atoms with Crippen molar-refractivity contribution in [3.8, 4) is 0 Å². The SMILES string of the molecule is O=C(c1ccc(S(=O)(=O)NCCCN2CCNCC2)cc1)N1CCOCC1. The summed E-state index contributed by atoms with van der Waals surface area (Å²) >= 11 is 0. The lowest BCUT2D eigenvalue weighted by Gasteiger charge is -2.27. The molecule has 2 saturated heterocycles. The van der Waals surface area contributed by atoms with Crippen LogP contribution in [-0.4, -0.2) is 89.7 Å². The van der Waals surface area contributed by atoms with Crippen LogP contribution in [0.3, 0.4) is 0 Å². The number of carbonyl (C=O) groups excluding carboxylic acids is 1. The second-order valence-corrected chi connectivity index (χ2v) is 8.54. The van der Waals surface area contributed by atoms with E-state index in [-0.39, 0.29) is 10.8 Å². The monoisotopic (exact) mass is 396 g/mol. The van der Waals surface area contributed by atoms with E-state index in [4.69, 9.17) is 4.74 Å². The fourth-order valence-electron chi connectivity index (χ4n) is 3.25. The Hall–Kier alpha value is -1.52. The molecule has 0 bridgehead atoms. The first kappa shape index (κ1) is 20.2. The molecule has 8 nitrogen and oxygen atoms in total. The van der Waals surface area contributed by atoms with Crippen molar-refractivity contribution in [1.29, 1.82) is 0 Å². The summed E-state index contributed by atoms with van der Waals surface area (Å²) in [5.74, 6) is -0.0915. The molecule has 0 saturated carbocycles. The maximum Gasteiger partial charge on any atom is 0.254 e. The molecule has 0 aliphatic carbocycles. The van der Waals surface area contributed by atoms with Gasteiger partial charge in [0.05, 0.1) is 18.1 Å². The molecule has 3 rings (SSSR count). The number of piperazine rings is 1. The van der Waals surface area contributed by atoms with Gasteiger partial charge in [-0.1, -0.05) is 0 Å². The highest BCUT2D eigenvalue weighted by atomic mass is 32.2. The van der Waals surface area contributed by atoms with Gasteiger partial charge in [0, 0.05) is 51.4 Å². The number of benzene rings is 1. The maximum absolute atomic E-state index is 12.4. The molecule has 0 spiro atoms. The quantitative estimate of drug-likeness (QED) is 0.617. The van der Waals surface area contributed by atoms with Crippen LogP contribution in [0.25, 0.3) is 0 Å². The molecular formula is C18H28N4O4S. The smallest absolute Gasteiger partial charge is 0.254 e. The van der Waals surface area contributed by atoms with E-state index in [0.29, 0.717) is 38.4 Å². The molecule has 2 fully saturated rings. The molecular weight excluding hydrogens is 368 g/mol. The molecule has 0 radical (unpaired) electrons. The zero-order valence-corrected chi connectivity index (χ0v) is 16.3. The summed E-state index contributed by atoms with van der Waals surface area (Å²) in [6.07, 6.45) is 0.771. The molecule has 9 heteroatoms. The van der Waals surface area contributed by atoms with Crippen molar-refractivity contribution < 1.29 is 17.9 Å². The van der Waals surface area contributed by atoms with Crippen molar-refractivity contribution in [2.24, 2.45) is 0 Å². The first-order chi connectivity index (χ1) is 13.1. The Morgan fingerprint density at radius 1 is 1.07 bits per heavy atom. The molecule has 1 amide bonds. The third-order valence-corrected chi connectivity index (χ3v) is 6.34. The minimum Gasteiger partial charge on any atom is -0.378 e. The number of hydrogen-bond acceptors (Lipinski definition) is 6. The zero-order valence-electron chi connectivity index (χ0n) is 15.5. The molecule has 27 heavy (non-hydrogen) atoms. The Labute approximate surface area is 160 Å². The van der Waals surface area contributed by atoms with Gasteiger partial charge in [-0.3, -0.25) is 4.79 Å². The number of morpholine rings is 1. The van der Waals surface area contributed by atoms with E-state index in [0.717, 1.165) is 39.1 Å². The number of rotatable bonds is 7. The molecule has 150 valence electrons. The number of carbonyl (C=O) groups is 1. The molecule has 2 aliphatic rings. The molecule has 2 heterocycles. The summed E-state index contributed by atoms with van der Waals surface area (Å²) in [4.78, 5) is 16.7. The Morgan fingerprint density at radius 2 is 1.74 bits per heavy atom. The summed E-state index contributed by atoms with van der Waals surface area (Å²) in [6.45, 7) is 7.48. The minimum atomic E-state index is -3.56. The Bertz CT molecular complexity index is 711. The van der Waals surface area contributed by atoms with E-state index in [2.05, 4.69) is 14.9 Å². The second-order valence-electron chi connectivity index (χ2n) is 6.77. The van der Waals surface area contributed by atoms with Crippen LogP contribution in [0.15, 0.2) is 29.2 Å². The Balaban J connectivity index is 1.49. The average molecular weight is 397 g/mol. The normalized spacial score (nSPS) is 19.2. The van der Waals surface area contributed by atoms with Crippen molar-refractivity contribution in [1.82, 2.24) is 19.8 Å². The highest BCUT2D eigenvalue weighted by Crippen LogP contribution is 2.13. The fourth-order valence-corrected chi connectivity index (χ4v) is 4.33. The van der Waals surface area contributed by atoms with Crippen LogP contribution in [0, 0.1) is 0 Å². The van der Waals surface area contributed by atoms with Gasteiger partial charge in [0.1, 0.15) is 0 Å². The van der Waals surface area contributed by atoms with Gasteiger partial charge in [-0.25, -0.2) is 13.1 Å². The summed E-state index contributed by atoms with van der Waals surface area (Å²) in [6, 6.07) is 6.14. The number of nitrogens with one attached hydrogen (secondary N) is 2. The van der Waals surface area contributed by atoms with Crippen LogP contribution in [0.4, 0.5) is 0 Å². The van der Waals surface area contributed by atoms with Crippen LogP contribution in [0.1, 0.15) is 16.8 Å². The van der Waals surface area contributed by atoms with Crippen molar-refractivity contribution >= 4 is 15.9 Å². The minimum absolute atomic E-state index is 0.0915. The Morgan fingerprint density at radius 3 is 2.41 bits per heavy atom. The largest absolute Gasteiger partial charge is 0.378 e. The first-order valence-corrected chi connectivity index (χ1v) is 10.9. The third kappa shape index (κ3) is 5.73. The average Bonchev–Trinajstić information content (AvgIpc) is 2.72. The second kappa shape index (κ2) is 9.61. The molecule has 1 aromatic carbocycles. The first-order valence-electron chi connectivity index (χ1n) is 9.46. The molecule has 2 aliphatic heterocycles. The maximum atomic E-state index is 12.4. The molecule has 2 N–H and O–H groups in total. The van der Waals surface area contributed by atoms with Crippen LogP contribution in [-0.2, 0) is 14.8 Å². The zero-order chi connectivity index (χ0) is 19.1. The van der Waals surface area contributed by atoms with E-state index in [1.165, 1.54) is 12.1 Å². The van der Waals surface area contributed by atoms with Crippen molar-refractivity contribution in [3.63, 3.8) is 0 Å². The van der Waals surface area contributed by atoms with Gasteiger partial charge >= 0.3 is 0 Å². The summed E-state index contributed by atoms with van der Waals surface area (Å²) in [7, 11) is -3.56. The molecule has 0 aromatic heterocycles. The lowest BCUT2D eigenvalue weighted by molar-refractivity contribution is 0.0303. The van der Waals surface area contributed by atoms with Gasteiger partial charge < -0.3 is 19.9 Å². The predicted octanol–water partition coefficient (Wildman–Crippen LogP) is -0.267. The third-order valence-electron chi connectivity index (χ3n) is 4.86. The number of hydrogen-bond donors (Lipinski definition) is 2. The van der Waals surface area contributed by atoms with Crippen LogP contribution >= 0.6 is 0 Å². The summed E-state index contributed by atoms with van der Waals surface area (Å²) in [5.41, 5.74) is 0.495.